The van der Waals surface area contributed by atoms with E-state index in [1.165, 1.54) is 0 Å². The van der Waals surface area contributed by atoms with Crippen LogP contribution >= 0.6 is 0 Å². The average molecular weight is 208 g/mol. The molecule has 1 amide bonds. The predicted molar refractivity (Wildman–Crippen MR) is 58.5 cm³/mol. The molecule has 82 valence electrons. The summed E-state index contributed by atoms with van der Waals surface area (Å²) in [7, 11) is 1.63. The van der Waals surface area contributed by atoms with Gasteiger partial charge in [-0.1, -0.05) is 12.1 Å². The number of carbonyl (C=O) groups is 1. The van der Waals surface area contributed by atoms with Gasteiger partial charge >= 0.3 is 0 Å². The summed E-state index contributed by atoms with van der Waals surface area (Å²) in [5, 5.41) is 2.71. The molecule has 4 heteroatoms. The molecular formula is C11H16N2O2. The molecule has 15 heavy (non-hydrogen) atoms. The maximum Gasteiger partial charge on any atom is 0.251 e. The van der Waals surface area contributed by atoms with Gasteiger partial charge in [-0.3, -0.25) is 4.79 Å². The van der Waals surface area contributed by atoms with Crippen molar-refractivity contribution in [2.24, 2.45) is 5.73 Å². The van der Waals surface area contributed by atoms with Crippen molar-refractivity contribution in [3.05, 3.63) is 35.4 Å². The molecule has 0 atom stereocenters. The zero-order valence-electron chi connectivity index (χ0n) is 8.82. The first-order valence-corrected chi connectivity index (χ1v) is 4.84. The van der Waals surface area contributed by atoms with Crippen LogP contribution in [0.4, 0.5) is 0 Å². The molecule has 0 unspecified atom stereocenters. The molecule has 1 aromatic carbocycles. The molecule has 0 aliphatic rings. The largest absolute Gasteiger partial charge is 0.380 e. The van der Waals surface area contributed by atoms with Gasteiger partial charge in [-0.15, -0.1) is 0 Å². The first kappa shape index (κ1) is 11.7. The van der Waals surface area contributed by atoms with Crippen molar-refractivity contribution in [1.29, 1.82) is 0 Å². The third-order valence-corrected chi connectivity index (χ3v) is 1.93. The van der Waals surface area contributed by atoms with E-state index in [9.17, 15) is 4.79 Å². The molecule has 0 bridgehead atoms. The summed E-state index contributed by atoms with van der Waals surface area (Å²) in [4.78, 5) is 11.6. The quantitative estimate of drug-likeness (QED) is 0.741. The molecule has 0 fully saturated rings. The Morgan fingerprint density at radius 1 is 1.53 bits per heavy atom. The molecule has 0 aliphatic heterocycles. The third kappa shape index (κ3) is 3.69. The first-order chi connectivity index (χ1) is 7.27. The highest BCUT2D eigenvalue weighted by atomic mass is 16.5. The number of benzene rings is 1. The number of methoxy groups -OCH3 is 1. The van der Waals surface area contributed by atoms with E-state index in [1.54, 1.807) is 13.2 Å². The van der Waals surface area contributed by atoms with E-state index in [0.29, 0.717) is 25.3 Å². The van der Waals surface area contributed by atoms with Crippen molar-refractivity contribution in [2.75, 3.05) is 20.2 Å². The second kappa shape index (κ2) is 6.16. The summed E-state index contributed by atoms with van der Waals surface area (Å²) < 4.78 is 4.99. The second-order valence-corrected chi connectivity index (χ2v) is 3.18. The lowest BCUT2D eigenvalue weighted by Gasteiger charge is -2.05. The molecule has 3 N–H and O–H groups in total. The fraction of sp³-hybridized carbons (Fsp3) is 0.364. The van der Waals surface area contributed by atoms with E-state index >= 15 is 0 Å². The Labute approximate surface area is 89.4 Å². The zero-order valence-corrected chi connectivity index (χ0v) is 8.82. The molecule has 1 aromatic rings. The average Bonchev–Trinajstić information content (AvgIpc) is 2.27. The van der Waals surface area contributed by atoms with Gasteiger partial charge < -0.3 is 15.8 Å². The highest BCUT2D eigenvalue weighted by Gasteiger charge is 2.04. The van der Waals surface area contributed by atoms with E-state index in [2.05, 4.69) is 5.32 Å². The van der Waals surface area contributed by atoms with Crippen LogP contribution in [0.25, 0.3) is 0 Å². The Morgan fingerprint density at radius 2 is 2.33 bits per heavy atom. The van der Waals surface area contributed by atoms with Gasteiger partial charge in [-0.2, -0.15) is 0 Å². The highest BCUT2D eigenvalue weighted by Crippen LogP contribution is 2.06. The standard InChI is InChI=1S/C11H16N2O2/c1-15-8-9-3-2-4-10(7-9)11(14)13-6-5-12/h2-4,7H,5-6,8,12H2,1H3,(H,13,14). The molecular weight excluding hydrogens is 192 g/mol. The minimum atomic E-state index is -0.0987. The fourth-order valence-corrected chi connectivity index (χ4v) is 1.26. The van der Waals surface area contributed by atoms with Crippen molar-refractivity contribution in [3.8, 4) is 0 Å². The van der Waals surface area contributed by atoms with E-state index < -0.39 is 0 Å². The molecule has 0 aliphatic carbocycles. The van der Waals surface area contributed by atoms with Gasteiger partial charge in [0.2, 0.25) is 0 Å². The van der Waals surface area contributed by atoms with Gasteiger partial charge in [-0.25, -0.2) is 0 Å². The van der Waals surface area contributed by atoms with Crippen LogP contribution in [0.3, 0.4) is 0 Å². The molecule has 0 saturated carbocycles. The summed E-state index contributed by atoms with van der Waals surface area (Å²) in [6.07, 6.45) is 0. The van der Waals surface area contributed by atoms with Crippen molar-refractivity contribution in [1.82, 2.24) is 5.32 Å². The number of hydrogen-bond acceptors (Lipinski definition) is 3. The Balaban J connectivity index is 2.67. The van der Waals surface area contributed by atoms with Crippen LogP contribution in [0.5, 0.6) is 0 Å². The van der Waals surface area contributed by atoms with Crippen LogP contribution < -0.4 is 11.1 Å². The monoisotopic (exact) mass is 208 g/mol. The van der Waals surface area contributed by atoms with Gasteiger partial charge in [0, 0.05) is 25.8 Å². The van der Waals surface area contributed by atoms with Crippen molar-refractivity contribution in [2.45, 2.75) is 6.61 Å². The van der Waals surface area contributed by atoms with E-state index in [0.717, 1.165) is 5.56 Å². The molecule has 0 aromatic heterocycles. The number of ether oxygens (including phenoxy) is 1. The van der Waals surface area contributed by atoms with Gasteiger partial charge in [-0.05, 0) is 17.7 Å². The molecule has 0 heterocycles. The molecule has 0 spiro atoms. The lowest BCUT2D eigenvalue weighted by Crippen LogP contribution is -2.29. The number of nitrogens with one attached hydrogen (secondary N) is 1. The molecule has 4 nitrogen and oxygen atoms in total. The summed E-state index contributed by atoms with van der Waals surface area (Å²) >= 11 is 0. The molecule has 0 radical (unpaired) electrons. The lowest BCUT2D eigenvalue weighted by molar-refractivity contribution is 0.0954. The van der Waals surface area contributed by atoms with Gasteiger partial charge in [0.15, 0.2) is 0 Å². The predicted octanol–water partition coefficient (Wildman–Crippen LogP) is 0.521. The Bertz CT molecular complexity index is 326. The van der Waals surface area contributed by atoms with Crippen LogP contribution in [-0.4, -0.2) is 26.1 Å². The summed E-state index contributed by atoms with van der Waals surface area (Å²) in [6.45, 7) is 1.45. The molecule has 0 saturated heterocycles. The fourth-order valence-electron chi connectivity index (χ4n) is 1.26. The lowest BCUT2D eigenvalue weighted by atomic mass is 10.1. The Hall–Kier alpha value is -1.39. The van der Waals surface area contributed by atoms with Gasteiger partial charge in [0.1, 0.15) is 0 Å². The second-order valence-electron chi connectivity index (χ2n) is 3.18. The van der Waals surface area contributed by atoms with Crippen LogP contribution in [-0.2, 0) is 11.3 Å². The van der Waals surface area contributed by atoms with Gasteiger partial charge in [0.05, 0.1) is 6.61 Å². The first-order valence-electron chi connectivity index (χ1n) is 4.84. The van der Waals surface area contributed by atoms with Crippen LogP contribution in [0, 0.1) is 0 Å². The topological polar surface area (TPSA) is 64.3 Å². The zero-order chi connectivity index (χ0) is 11.1. The minimum Gasteiger partial charge on any atom is -0.380 e. The normalized spacial score (nSPS) is 10.0. The van der Waals surface area contributed by atoms with Crippen LogP contribution in [0.1, 0.15) is 15.9 Å². The Kier molecular flexibility index (Phi) is 4.80. The van der Waals surface area contributed by atoms with Crippen LogP contribution in [0.15, 0.2) is 24.3 Å². The van der Waals surface area contributed by atoms with E-state index in [4.69, 9.17) is 10.5 Å². The SMILES string of the molecule is COCc1cccc(C(=O)NCCN)c1. The maximum absolute atomic E-state index is 11.6. The minimum absolute atomic E-state index is 0.0987. The smallest absolute Gasteiger partial charge is 0.251 e. The van der Waals surface area contributed by atoms with Gasteiger partial charge in [0.25, 0.3) is 5.91 Å². The summed E-state index contributed by atoms with van der Waals surface area (Å²) in [5.74, 6) is -0.0987. The van der Waals surface area contributed by atoms with Crippen molar-refractivity contribution in [3.63, 3.8) is 0 Å². The van der Waals surface area contributed by atoms with E-state index in [1.807, 2.05) is 18.2 Å². The summed E-state index contributed by atoms with van der Waals surface area (Å²) in [6, 6.07) is 7.34. The number of carbonyl (C=O) groups excluding carboxylic acids is 1. The number of amides is 1. The van der Waals surface area contributed by atoms with E-state index in [-0.39, 0.29) is 5.91 Å². The van der Waals surface area contributed by atoms with Crippen molar-refractivity contribution < 1.29 is 9.53 Å². The third-order valence-electron chi connectivity index (χ3n) is 1.93. The Morgan fingerprint density at radius 3 is 3.00 bits per heavy atom. The maximum atomic E-state index is 11.6. The number of hydrogen-bond donors (Lipinski definition) is 2. The number of rotatable bonds is 5. The molecule has 1 rings (SSSR count). The van der Waals surface area contributed by atoms with Crippen molar-refractivity contribution >= 4 is 5.91 Å². The van der Waals surface area contributed by atoms with Crippen LogP contribution in [0.2, 0.25) is 0 Å². The number of nitrogens with two attached hydrogens (primary N) is 1. The highest BCUT2D eigenvalue weighted by molar-refractivity contribution is 5.94. The summed E-state index contributed by atoms with van der Waals surface area (Å²) in [5.41, 5.74) is 6.92.